The van der Waals surface area contributed by atoms with Gasteiger partial charge in [-0.3, -0.25) is 0 Å². The first-order valence-electron chi connectivity index (χ1n) is 3.58. The summed E-state index contributed by atoms with van der Waals surface area (Å²) in [7, 11) is 0. The van der Waals surface area contributed by atoms with Gasteiger partial charge in [-0.15, -0.1) is 0 Å². The molecule has 1 heterocycles. The number of rotatable bonds is 0. The van der Waals surface area contributed by atoms with Gasteiger partial charge in [0.1, 0.15) is 0 Å². The quantitative estimate of drug-likeness (QED) is 0.515. The lowest BCUT2D eigenvalue weighted by molar-refractivity contribution is -0.224. The molecule has 3 nitrogen and oxygen atoms in total. The molecule has 10 heavy (non-hydrogen) atoms. The van der Waals surface area contributed by atoms with Crippen LogP contribution >= 0.6 is 0 Å². The van der Waals surface area contributed by atoms with Crippen molar-refractivity contribution in [3.05, 3.63) is 0 Å². The molecule has 0 amide bonds. The van der Waals surface area contributed by atoms with Crippen LogP contribution in [0.1, 0.15) is 26.7 Å². The van der Waals surface area contributed by atoms with Crippen molar-refractivity contribution in [2.45, 2.75) is 44.7 Å². The maximum atomic E-state index is 9.52. The molecule has 0 radical (unpaired) electrons. The fourth-order valence-corrected chi connectivity index (χ4v) is 1.07. The van der Waals surface area contributed by atoms with Gasteiger partial charge in [0.2, 0.25) is 0 Å². The van der Waals surface area contributed by atoms with Crippen molar-refractivity contribution in [2.75, 3.05) is 0 Å². The zero-order valence-corrected chi connectivity index (χ0v) is 6.37. The van der Waals surface area contributed by atoms with Crippen molar-refractivity contribution in [2.24, 2.45) is 0 Å². The fraction of sp³-hybridized carbons (Fsp3) is 1.00. The summed E-state index contributed by atoms with van der Waals surface area (Å²) in [6, 6.07) is 0. The van der Waals surface area contributed by atoms with Gasteiger partial charge >= 0.3 is 0 Å². The van der Waals surface area contributed by atoms with Gasteiger partial charge < -0.3 is 14.9 Å². The summed E-state index contributed by atoms with van der Waals surface area (Å²) >= 11 is 0. The Morgan fingerprint density at radius 3 is 2.60 bits per heavy atom. The van der Waals surface area contributed by atoms with Crippen LogP contribution in [0.2, 0.25) is 0 Å². The number of ether oxygens (including phenoxy) is 1. The average Bonchev–Trinajstić information content (AvgIpc) is 1.81. The Hall–Kier alpha value is -0.120. The number of aliphatic hydroxyl groups is 2. The molecular weight excluding hydrogens is 132 g/mol. The molecule has 0 aromatic carbocycles. The predicted octanol–water partition coefficient (Wildman–Crippen LogP) is 0.255. The Balaban J connectivity index is 2.52. The molecule has 0 saturated carbocycles. The van der Waals surface area contributed by atoms with E-state index in [0.717, 1.165) is 0 Å². The third-order valence-electron chi connectivity index (χ3n) is 2.13. The maximum Gasteiger partial charge on any atom is 0.155 e. The van der Waals surface area contributed by atoms with E-state index in [4.69, 9.17) is 9.84 Å². The average molecular weight is 146 g/mol. The molecule has 0 bridgehead atoms. The van der Waals surface area contributed by atoms with Gasteiger partial charge in [-0.1, -0.05) is 0 Å². The molecule has 0 spiro atoms. The van der Waals surface area contributed by atoms with Gasteiger partial charge in [0.25, 0.3) is 0 Å². The maximum absolute atomic E-state index is 9.52. The Morgan fingerprint density at radius 1 is 1.60 bits per heavy atom. The first kappa shape index (κ1) is 7.98. The molecule has 0 aromatic heterocycles. The van der Waals surface area contributed by atoms with Crippen molar-refractivity contribution in [1.82, 2.24) is 0 Å². The fourth-order valence-electron chi connectivity index (χ4n) is 1.07. The zero-order chi connectivity index (χ0) is 7.78. The van der Waals surface area contributed by atoms with E-state index in [-0.39, 0.29) is 6.10 Å². The first-order valence-corrected chi connectivity index (χ1v) is 3.58. The predicted molar refractivity (Wildman–Crippen MR) is 36.4 cm³/mol. The molecule has 2 N–H and O–H groups in total. The lowest BCUT2D eigenvalue weighted by Gasteiger charge is -2.37. The van der Waals surface area contributed by atoms with E-state index in [9.17, 15) is 5.11 Å². The molecule has 60 valence electrons. The van der Waals surface area contributed by atoms with Gasteiger partial charge in [0.05, 0.1) is 11.7 Å². The van der Waals surface area contributed by atoms with E-state index in [0.29, 0.717) is 12.8 Å². The largest absolute Gasteiger partial charge is 0.387 e. The second-order valence-corrected chi connectivity index (χ2v) is 3.13. The standard InChI is InChI=1S/C7H14O3/c1-5-7(2,9)4-3-6(8)10-5/h5-6,8-9H,3-4H2,1-2H3/t5-,6+,7-/m0/s1. The third kappa shape index (κ3) is 1.48. The van der Waals surface area contributed by atoms with Crippen molar-refractivity contribution in [3.63, 3.8) is 0 Å². The van der Waals surface area contributed by atoms with Crippen molar-refractivity contribution >= 4 is 0 Å². The molecule has 0 aromatic rings. The van der Waals surface area contributed by atoms with Crippen LogP contribution in [0.4, 0.5) is 0 Å². The van der Waals surface area contributed by atoms with Gasteiger partial charge in [-0.25, -0.2) is 0 Å². The van der Waals surface area contributed by atoms with Crippen LogP contribution in [0.15, 0.2) is 0 Å². The van der Waals surface area contributed by atoms with Gasteiger partial charge in [-0.2, -0.15) is 0 Å². The van der Waals surface area contributed by atoms with E-state index in [1.54, 1.807) is 13.8 Å². The molecule has 3 atom stereocenters. The highest BCUT2D eigenvalue weighted by atomic mass is 16.6. The van der Waals surface area contributed by atoms with Crippen LogP contribution in [0, 0.1) is 0 Å². The van der Waals surface area contributed by atoms with E-state index in [1.165, 1.54) is 0 Å². The monoisotopic (exact) mass is 146 g/mol. The minimum Gasteiger partial charge on any atom is -0.387 e. The molecule has 1 saturated heterocycles. The minimum atomic E-state index is -0.765. The highest BCUT2D eigenvalue weighted by Crippen LogP contribution is 2.26. The molecule has 0 unspecified atom stereocenters. The molecule has 1 aliphatic rings. The van der Waals surface area contributed by atoms with Crippen LogP contribution in [-0.4, -0.2) is 28.2 Å². The zero-order valence-electron chi connectivity index (χ0n) is 6.37. The first-order chi connectivity index (χ1) is 4.52. The smallest absolute Gasteiger partial charge is 0.155 e. The lowest BCUT2D eigenvalue weighted by atomic mass is 9.92. The topological polar surface area (TPSA) is 49.7 Å². The molecule has 0 aliphatic carbocycles. The molecule has 3 heteroatoms. The summed E-state index contributed by atoms with van der Waals surface area (Å²) in [5.74, 6) is 0. The van der Waals surface area contributed by atoms with E-state index < -0.39 is 11.9 Å². The molecule has 1 fully saturated rings. The highest BCUT2D eigenvalue weighted by Gasteiger charge is 2.35. The molecular formula is C7H14O3. The summed E-state index contributed by atoms with van der Waals surface area (Å²) in [4.78, 5) is 0. The van der Waals surface area contributed by atoms with E-state index in [1.807, 2.05) is 0 Å². The van der Waals surface area contributed by atoms with Crippen molar-refractivity contribution in [3.8, 4) is 0 Å². The lowest BCUT2D eigenvalue weighted by Crippen LogP contribution is -2.46. The number of aliphatic hydroxyl groups excluding tert-OH is 1. The normalized spacial score (nSPS) is 49.2. The highest BCUT2D eigenvalue weighted by molar-refractivity contribution is 4.83. The van der Waals surface area contributed by atoms with Crippen LogP contribution < -0.4 is 0 Å². The minimum absolute atomic E-state index is 0.267. The number of hydrogen-bond acceptors (Lipinski definition) is 3. The Bertz CT molecular complexity index is 122. The second kappa shape index (κ2) is 2.49. The summed E-state index contributed by atoms with van der Waals surface area (Å²) in [5, 5.41) is 18.5. The van der Waals surface area contributed by atoms with E-state index >= 15 is 0 Å². The van der Waals surface area contributed by atoms with Crippen LogP contribution in [0.25, 0.3) is 0 Å². The molecule has 1 aliphatic heterocycles. The van der Waals surface area contributed by atoms with Crippen molar-refractivity contribution in [1.29, 1.82) is 0 Å². The number of hydrogen-bond donors (Lipinski definition) is 2. The van der Waals surface area contributed by atoms with Crippen molar-refractivity contribution < 1.29 is 14.9 Å². The Kier molecular flexibility index (Phi) is 1.99. The van der Waals surface area contributed by atoms with Gasteiger partial charge in [0, 0.05) is 6.42 Å². The van der Waals surface area contributed by atoms with Gasteiger partial charge in [0.15, 0.2) is 6.29 Å². The summed E-state index contributed by atoms with van der Waals surface area (Å²) in [6.07, 6.45) is 0.179. The van der Waals surface area contributed by atoms with E-state index in [2.05, 4.69) is 0 Å². The Morgan fingerprint density at radius 2 is 2.20 bits per heavy atom. The summed E-state index contributed by atoms with van der Waals surface area (Å²) < 4.78 is 5.01. The second-order valence-electron chi connectivity index (χ2n) is 3.13. The summed E-state index contributed by atoms with van der Waals surface area (Å²) in [5.41, 5.74) is -0.765. The van der Waals surface area contributed by atoms with Crippen LogP contribution in [0.3, 0.4) is 0 Å². The van der Waals surface area contributed by atoms with Gasteiger partial charge in [-0.05, 0) is 20.3 Å². The van der Waals surface area contributed by atoms with Crippen LogP contribution in [0.5, 0.6) is 0 Å². The Labute approximate surface area is 60.6 Å². The van der Waals surface area contributed by atoms with Crippen LogP contribution in [-0.2, 0) is 4.74 Å². The summed E-state index contributed by atoms with van der Waals surface area (Å²) in [6.45, 7) is 3.49. The molecule has 1 rings (SSSR count). The SMILES string of the molecule is C[C@@H]1O[C@@H](O)CC[C@]1(C)O. The third-order valence-corrected chi connectivity index (χ3v) is 2.13.